The van der Waals surface area contributed by atoms with E-state index in [0.717, 1.165) is 43.3 Å². The molecular weight excluding hydrogens is 348 g/mol. The molecule has 0 aliphatic carbocycles. The number of carbonyl (C=O) groups excluding carboxylic acids is 1. The van der Waals surface area contributed by atoms with Gasteiger partial charge in [0.2, 0.25) is 5.91 Å². The second-order valence-corrected chi connectivity index (χ2v) is 8.44. The van der Waals surface area contributed by atoms with Crippen LogP contribution in [0.4, 0.5) is 5.82 Å². The Kier molecular flexibility index (Phi) is 5.68. The van der Waals surface area contributed by atoms with E-state index in [1.165, 1.54) is 5.56 Å². The molecule has 0 radical (unpaired) electrons. The van der Waals surface area contributed by atoms with Crippen molar-refractivity contribution in [2.24, 2.45) is 5.41 Å². The minimum absolute atomic E-state index is 0.0134. The third kappa shape index (κ3) is 4.65. The zero-order valence-corrected chi connectivity index (χ0v) is 16.5. The van der Waals surface area contributed by atoms with Gasteiger partial charge in [-0.25, -0.2) is 4.68 Å². The van der Waals surface area contributed by atoms with Crippen molar-refractivity contribution in [3.63, 3.8) is 0 Å². The molecule has 2 aromatic rings. The molecule has 1 fully saturated rings. The minimum Gasteiger partial charge on any atom is -0.310 e. The highest BCUT2D eigenvalue weighted by Crippen LogP contribution is 2.27. The molecular formula is C20H27ClN4O. The maximum Gasteiger partial charge on any atom is 0.230 e. The van der Waals surface area contributed by atoms with E-state index in [1.54, 1.807) is 6.20 Å². The van der Waals surface area contributed by atoms with Crippen LogP contribution in [0.1, 0.15) is 45.2 Å². The topological polar surface area (TPSA) is 50.2 Å². The molecule has 1 aliphatic rings. The lowest BCUT2D eigenvalue weighted by Gasteiger charge is -2.33. The Hall–Kier alpha value is -1.85. The molecule has 26 heavy (non-hydrogen) atoms. The fourth-order valence-electron chi connectivity index (χ4n) is 3.18. The van der Waals surface area contributed by atoms with Gasteiger partial charge in [-0.2, -0.15) is 5.10 Å². The summed E-state index contributed by atoms with van der Waals surface area (Å²) in [5.74, 6) is 0.806. The molecule has 1 aromatic carbocycles. The van der Waals surface area contributed by atoms with Crippen LogP contribution in [0, 0.1) is 5.41 Å². The summed E-state index contributed by atoms with van der Waals surface area (Å²) in [5, 5.41) is 8.26. The van der Waals surface area contributed by atoms with Gasteiger partial charge in [0, 0.05) is 36.1 Å². The molecule has 140 valence electrons. The molecule has 1 amide bonds. The summed E-state index contributed by atoms with van der Waals surface area (Å²) in [6.45, 7) is 8.71. The van der Waals surface area contributed by atoms with Crippen molar-refractivity contribution in [3.05, 3.63) is 47.1 Å². The number of anilines is 1. The van der Waals surface area contributed by atoms with Crippen molar-refractivity contribution < 1.29 is 4.79 Å². The van der Waals surface area contributed by atoms with Crippen molar-refractivity contribution in [3.8, 4) is 0 Å². The van der Waals surface area contributed by atoms with Crippen molar-refractivity contribution >= 4 is 23.3 Å². The highest BCUT2D eigenvalue weighted by atomic mass is 35.5. The number of nitrogens with zero attached hydrogens (tertiary/aromatic N) is 3. The van der Waals surface area contributed by atoms with Gasteiger partial charge in [-0.15, -0.1) is 0 Å². The molecule has 0 bridgehead atoms. The molecule has 0 atom stereocenters. The summed E-state index contributed by atoms with van der Waals surface area (Å²) in [7, 11) is 0. The van der Waals surface area contributed by atoms with Gasteiger partial charge >= 0.3 is 0 Å². The van der Waals surface area contributed by atoms with Gasteiger partial charge in [-0.3, -0.25) is 9.69 Å². The van der Waals surface area contributed by atoms with E-state index >= 15 is 0 Å². The maximum atomic E-state index is 12.3. The molecule has 1 N–H and O–H groups in total. The molecule has 0 unspecified atom stereocenters. The van der Waals surface area contributed by atoms with Gasteiger partial charge in [0.05, 0.1) is 12.2 Å². The Morgan fingerprint density at radius 1 is 1.19 bits per heavy atom. The first-order chi connectivity index (χ1) is 12.3. The van der Waals surface area contributed by atoms with Crippen LogP contribution in [0.2, 0.25) is 5.02 Å². The summed E-state index contributed by atoms with van der Waals surface area (Å²) in [4.78, 5) is 14.7. The molecule has 3 rings (SSSR count). The van der Waals surface area contributed by atoms with Gasteiger partial charge < -0.3 is 5.32 Å². The monoisotopic (exact) mass is 374 g/mol. The number of hydrogen-bond acceptors (Lipinski definition) is 3. The fourth-order valence-corrected chi connectivity index (χ4v) is 3.30. The van der Waals surface area contributed by atoms with Crippen LogP contribution in [0.25, 0.3) is 0 Å². The van der Waals surface area contributed by atoms with Gasteiger partial charge in [-0.1, -0.05) is 44.5 Å². The Balaban J connectivity index is 1.58. The number of amides is 1. The van der Waals surface area contributed by atoms with E-state index in [9.17, 15) is 4.79 Å². The second kappa shape index (κ2) is 7.80. The average molecular weight is 375 g/mol. The molecule has 1 aliphatic heterocycles. The highest BCUT2D eigenvalue weighted by Gasteiger charge is 2.26. The first-order valence-electron chi connectivity index (χ1n) is 9.15. The number of halogens is 1. The number of hydrogen-bond donors (Lipinski definition) is 1. The zero-order chi connectivity index (χ0) is 18.7. The summed E-state index contributed by atoms with van der Waals surface area (Å²) < 4.78 is 1.98. The fraction of sp³-hybridized carbons (Fsp3) is 0.500. The number of nitrogens with one attached hydrogen (secondary N) is 1. The zero-order valence-electron chi connectivity index (χ0n) is 15.7. The molecule has 2 heterocycles. The Morgan fingerprint density at radius 2 is 1.85 bits per heavy atom. The summed E-state index contributed by atoms with van der Waals surface area (Å²) in [6, 6.07) is 10.3. The van der Waals surface area contributed by atoms with Crippen molar-refractivity contribution in [1.29, 1.82) is 0 Å². The summed E-state index contributed by atoms with van der Waals surface area (Å²) >= 11 is 5.96. The quantitative estimate of drug-likeness (QED) is 0.865. The van der Waals surface area contributed by atoms with Crippen molar-refractivity contribution in [2.75, 3.05) is 18.4 Å². The van der Waals surface area contributed by atoms with Crippen molar-refractivity contribution in [1.82, 2.24) is 14.7 Å². The normalized spacial score (nSPS) is 16.6. The van der Waals surface area contributed by atoms with Crippen LogP contribution < -0.4 is 5.32 Å². The Morgan fingerprint density at radius 3 is 2.46 bits per heavy atom. The lowest BCUT2D eigenvalue weighted by Crippen LogP contribution is -2.35. The average Bonchev–Trinajstić information content (AvgIpc) is 3.05. The summed E-state index contributed by atoms with van der Waals surface area (Å²) in [5.41, 5.74) is 0.863. The van der Waals surface area contributed by atoms with E-state index in [2.05, 4.69) is 27.4 Å². The van der Waals surface area contributed by atoms with Crippen LogP contribution in [0.15, 0.2) is 36.5 Å². The Labute approximate surface area is 160 Å². The van der Waals surface area contributed by atoms with Crippen LogP contribution in [-0.4, -0.2) is 33.7 Å². The smallest absolute Gasteiger partial charge is 0.230 e. The minimum atomic E-state index is -0.420. The van der Waals surface area contributed by atoms with E-state index in [-0.39, 0.29) is 5.91 Å². The second-order valence-electron chi connectivity index (χ2n) is 8.00. The molecule has 1 saturated heterocycles. The van der Waals surface area contributed by atoms with Crippen LogP contribution >= 0.6 is 11.6 Å². The predicted octanol–water partition coefficient (Wildman–Crippen LogP) is 4.36. The number of carbonyl (C=O) groups is 1. The van der Waals surface area contributed by atoms with Gasteiger partial charge in [0.25, 0.3) is 0 Å². The number of rotatable bonds is 4. The lowest BCUT2D eigenvalue weighted by atomic mass is 9.96. The molecule has 1 aromatic heterocycles. The van der Waals surface area contributed by atoms with Gasteiger partial charge in [0.1, 0.15) is 5.82 Å². The van der Waals surface area contributed by atoms with Gasteiger partial charge in [-0.05, 0) is 30.5 Å². The number of likely N-dealkylation sites (tertiary alicyclic amines) is 1. The van der Waals surface area contributed by atoms with Crippen molar-refractivity contribution in [2.45, 2.75) is 46.2 Å². The highest BCUT2D eigenvalue weighted by molar-refractivity contribution is 6.30. The van der Waals surface area contributed by atoms with Crippen LogP contribution in [0.5, 0.6) is 0 Å². The van der Waals surface area contributed by atoms with E-state index in [4.69, 9.17) is 11.6 Å². The number of benzene rings is 1. The first-order valence-corrected chi connectivity index (χ1v) is 9.52. The first kappa shape index (κ1) is 18.9. The predicted molar refractivity (Wildman–Crippen MR) is 105 cm³/mol. The molecule has 5 nitrogen and oxygen atoms in total. The molecule has 0 saturated carbocycles. The molecule has 6 heteroatoms. The molecule has 0 spiro atoms. The van der Waals surface area contributed by atoms with E-state index in [1.807, 2.05) is 43.7 Å². The number of piperidine rings is 1. The SMILES string of the molecule is CC(C)(C)C(=O)Nc1ccnn1C1CCN(Cc2ccc(Cl)cc2)CC1. The van der Waals surface area contributed by atoms with E-state index < -0.39 is 5.41 Å². The third-order valence-electron chi connectivity index (χ3n) is 4.82. The largest absolute Gasteiger partial charge is 0.310 e. The maximum absolute atomic E-state index is 12.3. The Bertz CT molecular complexity index is 740. The lowest BCUT2D eigenvalue weighted by molar-refractivity contribution is -0.123. The summed E-state index contributed by atoms with van der Waals surface area (Å²) in [6.07, 6.45) is 3.81. The number of aromatic nitrogens is 2. The third-order valence-corrected chi connectivity index (χ3v) is 5.07. The van der Waals surface area contributed by atoms with Gasteiger partial charge in [0.15, 0.2) is 0 Å². The van der Waals surface area contributed by atoms with Crippen LogP contribution in [0.3, 0.4) is 0 Å². The standard InChI is InChI=1S/C20H27ClN4O/c1-20(2,3)19(26)23-18-8-11-22-25(18)17-9-12-24(13-10-17)14-15-4-6-16(21)7-5-15/h4-8,11,17H,9-10,12-14H2,1-3H3,(H,23,26). The van der Waals surface area contributed by atoms with Crippen LogP contribution in [-0.2, 0) is 11.3 Å². The van der Waals surface area contributed by atoms with E-state index in [0.29, 0.717) is 6.04 Å².